The molecule has 3 unspecified atom stereocenters. The van der Waals surface area contributed by atoms with E-state index in [9.17, 15) is 14.4 Å². The van der Waals surface area contributed by atoms with E-state index >= 15 is 0 Å². The van der Waals surface area contributed by atoms with Crippen LogP contribution in [0.4, 0.5) is 0 Å². The number of nitrogens with zero attached hydrogens (tertiary/aromatic N) is 2. The normalized spacial score (nSPS) is 25.8. The predicted octanol–water partition coefficient (Wildman–Crippen LogP) is 1.83. The zero-order valence-electron chi connectivity index (χ0n) is 13.5. The summed E-state index contributed by atoms with van der Waals surface area (Å²) in [5.74, 6) is -0.217. The van der Waals surface area contributed by atoms with Crippen molar-refractivity contribution in [2.24, 2.45) is 0 Å². The molecule has 1 aromatic heterocycles. The summed E-state index contributed by atoms with van der Waals surface area (Å²) in [6.45, 7) is 0.593. The van der Waals surface area contributed by atoms with Crippen LogP contribution in [-0.4, -0.2) is 40.3 Å². The fraction of sp³-hybridized carbons (Fsp3) is 0.500. The van der Waals surface area contributed by atoms with Crippen molar-refractivity contribution in [3.63, 3.8) is 0 Å². The van der Waals surface area contributed by atoms with Crippen LogP contribution >= 0.6 is 19.8 Å². The highest BCUT2D eigenvalue weighted by atomic mass is 32.7. The van der Waals surface area contributed by atoms with E-state index in [2.05, 4.69) is 18.7 Å². The van der Waals surface area contributed by atoms with Crippen molar-refractivity contribution in [1.82, 2.24) is 15.2 Å². The van der Waals surface area contributed by atoms with Crippen molar-refractivity contribution in [3.8, 4) is 5.75 Å². The van der Waals surface area contributed by atoms with E-state index in [0.29, 0.717) is 24.3 Å². The van der Waals surface area contributed by atoms with Crippen LogP contribution in [0.5, 0.6) is 5.75 Å². The highest BCUT2D eigenvalue weighted by Gasteiger charge is 2.47. The number of pyridine rings is 1. The Kier molecular flexibility index (Phi) is 4.41. The first-order valence-corrected chi connectivity index (χ1v) is 10.6. The quantitative estimate of drug-likeness (QED) is 0.623. The number of hydrogen-bond acceptors (Lipinski definition) is 6. The minimum atomic E-state index is -0.623. The molecule has 0 radical (unpaired) electrons. The van der Waals surface area contributed by atoms with Crippen LogP contribution in [-0.2, 0) is 9.59 Å². The second-order valence-corrected chi connectivity index (χ2v) is 7.71. The summed E-state index contributed by atoms with van der Waals surface area (Å²) >= 11 is 1.40. The third-order valence-corrected chi connectivity index (χ3v) is 6.13. The first-order valence-electron chi connectivity index (χ1n) is 8.30. The molecule has 132 valence electrons. The predicted molar refractivity (Wildman–Crippen MR) is 94.2 cm³/mol. The molecule has 0 spiro atoms. The maximum Gasteiger partial charge on any atom is 0.257 e. The van der Waals surface area contributed by atoms with Gasteiger partial charge in [0.1, 0.15) is 11.1 Å². The smallest absolute Gasteiger partial charge is 0.257 e. The summed E-state index contributed by atoms with van der Waals surface area (Å²) < 4.78 is 5.94. The van der Waals surface area contributed by atoms with Crippen LogP contribution in [0.3, 0.4) is 0 Å². The largest absolute Gasteiger partial charge is 0.490 e. The molecule has 3 aliphatic heterocycles. The van der Waals surface area contributed by atoms with Crippen molar-refractivity contribution in [1.29, 1.82) is 0 Å². The van der Waals surface area contributed by atoms with Gasteiger partial charge in [0, 0.05) is 18.2 Å². The van der Waals surface area contributed by atoms with Crippen LogP contribution in [0.25, 0.3) is 0 Å². The Labute approximate surface area is 151 Å². The molecule has 1 aromatic rings. The van der Waals surface area contributed by atoms with Crippen molar-refractivity contribution >= 4 is 37.5 Å². The van der Waals surface area contributed by atoms with Crippen LogP contribution in [0.15, 0.2) is 11.2 Å². The molecule has 3 amide bonds. The highest BCUT2D eigenvalue weighted by Crippen LogP contribution is 2.48. The van der Waals surface area contributed by atoms with Gasteiger partial charge in [0.15, 0.2) is 5.75 Å². The molecule has 3 atom stereocenters. The monoisotopic (exact) mass is 379 g/mol. The number of carbonyl (C=O) groups excluding carboxylic acids is 3. The summed E-state index contributed by atoms with van der Waals surface area (Å²) in [4.78, 5) is 42.9. The molecular formula is C16H18N3O4PS. The van der Waals surface area contributed by atoms with E-state index in [1.54, 1.807) is 11.1 Å². The number of rotatable bonds is 2. The van der Waals surface area contributed by atoms with Crippen LogP contribution < -0.4 is 10.1 Å². The van der Waals surface area contributed by atoms with Gasteiger partial charge in [-0.2, -0.15) is 0 Å². The van der Waals surface area contributed by atoms with E-state index in [1.807, 2.05) is 0 Å². The van der Waals surface area contributed by atoms with Gasteiger partial charge in [-0.05, 0) is 25.7 Å². The first kappa shape index (κ1) is 16.8. The lowest BCUT2D eigenvalue weighted by atomic mass is 9.97. The molecule has 1 N–H and O–H groups in total. The lowest BCUT2D eigenvalue weighted by Crippen LogP contribution is -2.53. The second kappa shape index (κ2) is 6.57. The maximum atomic E-state index is 13.0. The average Bonchev–Trinajstić information content (AvgIpc) is 2.84. The van der Waals surface area contributed by atoms with Gasteiger partial charge in [-0.1, -0.05) is 19.8 Å². The summed E-state index contributed by atoms with van der Waals surface area (Å²) in [6, 6.07) is -0.831. The summed E-state index contributed by atoms with van der Waals surface area (Å²) in [7, 11) is 2.56. The summed E-state index contributed by atoms with van der Waals surface area (Å²) in [5.41, 5.74) is 1.35. The number of aromatic nitrogens is 1. The van der Waals surface area contributed by atoms with Gasteiger partial charge in [0.25, 0.3) is 5.91 Å². The van der Waals surface area contributed by atoms with Crippen LogP contribution in [0.1, 0.15) is 54.1 Å². The summed E-state index contributed by atoms with van der Waals surface area (Å²) in [6.07, 6.45) is 4.76. The Morgan fingerprint density at radius 3 is 2.84 bits per heavy atom. The topological polar surface area (TPSA) is 88.6 Å². The Bertz CT molecular complexity index is 772. The third kappa shape index (κ3) is 2.72. The molecule has 7 nitrogen and oxygen atoms in total. The molecule has 1 saturated heterocycles. The number of ether oxygens (including phenoxy) is 1. The molecule has 4 rings (SSSR count). The second-order valence-electron chi connectivity index (χ2n) is 6.38. The molecule has 9 heteroatoms. The number of carbonyl (C=O) groups is 3. The van der Waals surface area contributed by atoms with Gasteiger partial charge in [-0.3, -0.25) is 19.7 Å². The Balaban J connectivity index is 1.79. The standard InChI is InChI=1S/C16H18N3O4PS/c20-11-5-4-10(14(21)18-11)19-9-3-1-2-6-23-13-12(9)8(16(19)22)7-17-15(13)25-24/h7,9-10H,1-6,24H2,(H,18,20,21). The van der Waals surface area contributed by atoms with Crippen LogP contribution in [0, 0.1) is 0 Å². The number of hydrogen-bond donors (Lipinski definition) is 1. The van der Waals surface area contributed by atoms with Gasteiger partial charge < -0.3 is 9.64 Å². The number of nitrogens with one attached hydrogen (secondary N) is 1. The molecule has 0 aromatic carbocycles. The Hall–Kier alpha value is -1.66. The number of amides is 3. The molecular weight excluding hydrogens is 361 g/mol. The zero-order chi connectivity index (χ0) is 17.6. The van der Waals surface area contributed by atoms with Crippen molar-refractivity contribution in [2.45, 2.75) is 49.2 Å². The lowest BCUT2D eigenvalue weighted by molar-refractivity contribution is -0.137. The van der Waals surface area contributed by atoms with Gasteiger partial charge in [-0.25, -0.2) is 4.98 Å². The Morgan fingerprint density at radius 1 is 1.24 bits per heavy atom. The maximum absolute atomic E-state index is 13.0. The van der Waals surface area contributed by atoms with Crippen molar-refractivity contribution < 1.29 is 19.1 Å². The minimum absolute atomic E-state index is 0.200. The number of imide groups is 1. The van der Waals surface area contributed by atoms with Gasteiger partial charge in [0.2, 0.25) is 11.8 Å². The SMILES string of the molecule is O=C1CCC(N2C(=O)c3cnc(SP)c4c3C2CCCCO4)C(=O)N1. The van der Waals surface area contributed by atoms with E-state index in [-0.39, 0.29) is 24.3 Å². The number of piperidine rings is 1. The minimum Gasteiger partial charge on any atom is -0.490 e. The fourth-order valence-corrected chi connectivity index (χ4v) is 4.73. The lowest BCUT2D eigenvalue weighted by Gasteiger charge is -2.35. The molecule has 3 aliphatic rings. The third-order valence-electron chi connectivity index (χ3n) is 4.95. The van der Waals surface area contributed by atoms with E-state index < -0.39 is 11.9 Å². The van der Waals surface area contributed by atoms with Crippen molar-refractivity contribution in [2.75, 3.05) is 6.61 Å². The van der Waals surface area contributed by atoms with Crippen LogP contribution in [0.2, 0.25) is 0 Å². The fourth-order valence-electron chi connectivity index (χ4n) is 3.84. The van der Waals surface area contributed by atoms with Crippen molar-refractivity contribution in [3.05, 3.63) is 17.3 Å². The molecule has 25 heavy (non-hydrogen) atoms. The highest BCUT2D eigenvalue weighted by molar-refractivity contribution is 8.43. The summed E-state index contributed by atoms with van der Waals surface area (Å²) in [5, 5.41) is 3.09. The Morgan fingerprint density at radius 2 is 2.08 bits per heavy atom. The average molecular weight is 379 g/mol. The van der Waals surface area contributed by atoms with Gasteiger partial charge >= 0.3 is 0 Å². The molecule has 4 heterocycles. The molecule has 0 aliphatic carbocycles. The first-order chi connectivity index (χ1) is 12.1. The molecule has 0 saturated carbocycles. The molecule has 0 bridgehead atoms. The van der Waals surface area contributed by atoms with Gasteiger partial charge in [-0.15, -0.1) is 0 Å². The van der Waals surface area contributed by atoms with E-state index in [1.165, 1.54) is 11.4 Å². The van der Waals surface area contributed by atoms with E-state index in [4.69, 9.17) is 4.74 Å². The van der Waals surface area contributed by atoms with Gasteiger partial charge in [0.05, 0.1) is 18.2 Å². The molecule has 1 fully saturated rings. The zero-order valence-corrected chi connectivity index (χ0v) is 15.5. The van der Waals surface area contributed by atoms with E-state index in [0.717, 1.165) is 29.9 Å².